The quantitative estimate of drug-likeness (QED) is 0.851. The fraction of sp³-hybridized carbons (Fsp3) is 0.933. The largest absolute Gasteiger partial charge is 0.481 e. The van der Waals surface area contributed by atoms with Gasteiger partial charge in [-0.2, -0.15) is 0 Å². The molecule has 4 nitrogen and oxygen atoms in total. The molecule has 0 radical (unpaired) electrons. The Kier molecular flexibility index (Phi) is 4.51. The van der Waals surface area contributed by atoms with Gasteiger partial charge in [-0.1, -0.05) is 19.8 Å². The summed E-state index contributed by atoms with van der Waals surface area (Å²) in [5.41, 5.74) is -0.547. The number of hydrogen-bond acceptors (Lipinski definition) is 3. The maximum absolute atomic E-state index is 11.8. The lowest BCUT2D eigenvalue weighted by Crippen LogP contribution is -2.49. The third-order valence-electron chi connectivity index (χ3n) is 5.00. The van der Waals surface area contributed by atoms with Crippen molar-refractivity contribution in [3.8, 4) is 0 Å². The molecule has 0 spiro atoms. The predicted molar refractivity (Wildman–Crippen MR) is 74.1 cm³/mol. The highest BCUT2D eigenvalue weighted by Crippen LogP contribution is 2.41. The van der Waals surface area contributed by atoms with Crippen molar-refractivity contribution < 1.29 is 14.6 Å². The SMILES string of the molecule is CC1CCCC(CN(C)C2CCOC2C)(C(=O)O)C1. The first-order valence-corrected chi connectivity index (χ1v) is 7.50. The molecule has 0 bridgehead atoms. The van der Waals surface area contributed by atoms with E-state index in [0.29, 0.717) is 18.5 Å². The van der Waals surface area contributed by atoms with Crippen LogP contribution in [0.1, 0.15) is 46.0 Å². The van der Waals surface area contributed by atoms with Crippen LogP contribution in [0, 0.1) is 11.3 Å². The Balaban J connectivity index is 2.06. The standard InChI is InChI=1S/C15H27NO3/c1-11-5-4-7-15(9-11,14(17)18)10-16(3)13-6-8-19-12(13)2/h11-13H,4-10H2,1-3H3,(H,17,18). The lowest BCUT2D eigenvalue weighted by Gasteiger charge is -2.41. The summed E-state index contributed by atoms with van der Waals surface area (Å²) in [4.78, 5) is 14.0. The zero-order valence-electron chi connectivity index (χ0n) is 12.4. The molecular formula is C15H27NO3. The van der Waals surface area contributed by atoms with Gasteiger partial charge in [-0.25, -0.2) is 0 Å². The Bertz CT molecular complexity index is 333. The molecule has 4 atom stereocenters. The minimum atomic E-state index is -0.613. The molecule has 0 aromatic rings. The van der Waals surface area contributed by atoms with Crippen LogP contribution in [0.25, 0.3) is 0 Å². The number of carboxylic acids is 1. The fourth-order valence-corrected chi connectivity index (χ4v) is 3.96. The van der Waals surface area contributed by atoms with Crippen molar-refractivity contribution >= 4 is 5.97 Å². The van der Waals surface area contributed by atoms with Crippen LogP contribution in [0.2, 0.25) is 0 Å². The Morgan fingerprint density at radius 3 is 2.68 bits per heavy atom. The lowest BCUT2D eigenvalue weighted by atomic mass is 9.69. The van der Waals surface area contributed by atoms with Gasteiger partial charge in [0.25, 0.3) is 0 Å². The third kappa shape index (κ3) is 3.11. The number of hydrogen-bond donors (Lipinski definition) is 1. The summed E-state index contributed by atoms with van der Waals surface area (Å²) in [7, 11) is 2.06. The monoisotopic (exact) mass is 269 g/mol. The zero-order valence-corrected chi connectivity index (χ0v) is 12.4. The first-order chi connectivity index (χ1) is 8.94. The number of carbonyl (C=O) groups is 1. The lowest BCUT2D eigenvalue weighted by molar-refractivity contribution is -0.154. The van der Waals surface area contributed by atoms with E-state index in [1.165, 1.54) is 6.42 Å². The van der Waals surface area contributed by atoms with E-state index in [1.54, 1.807) is 0 Å². The fourth-order valence-electron chi connectivity index (χ4n) is 3.96. The molecular weight excluding hydrogens is 242 g/mol. The maximum Gasteiger partial charge on any atom is 0.310 e. The van der Waals surface area contributed by atoms with Gasteiger partial charge in [-0.3, -0.25) is 9.69 Å². The van der Waals surface area contributed by atoms with E-state index in [-0.39, 0.29) is 6.10 Å². The third-order valence-corrected chi connectivity index (χ3v) is 5.00. The van der Waals surface area contributed by atoms with E-state index in [4.69, 9.17) is 4.74 Å². The highest BCUT2D eigenvalue weighted by Gasteiger charge is 2.44. The summed E-state index contributed by atoms with van der Waals surface area (Å²) in [6.45, 7) is 5.72. The van der Waals surface area contributed by atoms with E-state index >= 15 is 0 Å². The van der Waals surface area contributed by atoms with Crippen LogP contribution in [0.3, 0.4) is 0 Å². The summed E-state index contributed by atoms with van der Waals surface area (Å²) in [6.07, 6.45) is 5.08. The Labute approximate surface area is 116 Å². The second-order valence-corrected chi connectivity index (χ2v) is 6.63. The van der Waals surface area contributed by atoms with Gasteiger partial charge in [0.1, 0.15) is 0 Å². The average molecular weight is 269 g/mol. The molecule has 0 aromatic heterocycles. The molecule has 1 aliphatic heterocycles. The number of likely N-dealkylation sites (N-methyl/N-ethyl adjacent to an activating group) is 1. The molecule has 1 heterocycles. The van der Waals surface area contributed by atoms with Crippen LogP contribution in [0.4, 0.5) is 0 Å². The molecule has 19 heavy (non-hydrogen) atoms. The van der Waals surface area contributed by atoms with Gasteiger partial charge >= 0.3 is 5.97 Å². The molecule has 0 aromatic carbocycles. The molecule has 1 saturated carbocycles. The van der Waals surface area contributed by atoms with Crippen molar-refractivity contribution in [1.82, 2.24) is 4.90 Å². The van der Waals surface area contributed by atoms with Crippen LogP contribution in [0.5, 0.6) is 0 Å². The van der Waals surface area contributed by atoms with Crippen molar-refractivity contribution in [3.05, 3.63) is 0 Å². The number of rotatable bonds is 4. The first-order valence-electron chi connectivity index (χ1n) is 7.50. The zero-order chi connectivity index (χ0) is 14.0. The van der Waals surface area contributed by atoms with Crippen LogP contribution in [-0.2, 0) is 9.53 Å². The summed E-state index contributed by atoms with van der Waals surface area (Å²) in [5.74, 6) is -0.0898. The first kappa shape index (κ1) is 14.8. The van der Waals surface area contributed by atoms with Gasteiger partial charge in [0.15, 0.2) is 0 Å². The molecule has 1 saturated heterocycles. The van der Waals surface area contributed by atoms with E-state index in [1.807, 2.05) is 0 Å². The molecule has 0 amide bonds. The number of carboxylic acid groups (broad SMARTS) is 1. The summed E-state index contributed by atoms with van der Waals surface area (Å²) in [6, 6.07) is 0.369. The van der Waals surface area contributed by atoms with E-state index in [0.717, 1.165) is 32.3 Å². The molecule has 2 aliphatic rings. The summed E-state index contributed by atoms with van der Waals surface area (Å²) < 4.78 is 5.60. The molecule has 1 aliphatic carbocycles. The van der Waals surface area contributed by atoms with Gasteiger partial charge in [-0.15, -0.1) is 0 Å². The second-order valence-electron chi connectivity index (χ2n) is 6.63. The van der Waals surface area contributed by atoms with Crippen molar-refractivity contribution in [3.63, 3.8) is 0 Å². The molecule has 2 rings (SSSR count). The van der Waals surface area contributed by atoms with Gasteiger partial charge in [0, 0.05) is 19.2 Å². The minimum absolute atomic E-state index is 0.219. The molecule has 2 fully saturated rings. The Morgan fingerprint density at radius 1 is 1.42 bits per heavy atom. The Hall–Kier alpha value is -0.610. The van der Waals surface area contributed by atoms with E-state index in [2.05, 4.69) is 25.8 Å². The van der Waals surface area contributed by atoms with Crippen molar-refractivity contribution in [2.45, 2.75) is 58.1 Å². The second kappa shape index (κ2) is 5.80. The van der Waals surface area contributed by atoms with Gasteiger partial charge in [0.05, 0.1) is 11.5 Å². The van der Waals surface area contributed by atoms with Gasteiger partial charge in [-0.05, 0) is 39.2 Å². The van der Waals surface area contributed by atoms with Crippen molar-refractivity contribution in [1.29, 1.82) is 0 Å². The van der Waals surface area contributed by atoms with Crippen molar-refractivity contribution in [2.24, 2.45) is 11.3 Å². The maximum atomic E-state index is 11.8. The minimum Gasteiger partial charge on any atom is -0.481 e. The summed E-state index contributed by atoms with van der Waals surface area (Å²) in [5, 5.41) is 9.71. The molecule has 4 unspecified atom stereocenters. The van der Waals surface area contributed by atoms with E-state index in [9.17, 15) is 9.90 Å². The molecule has 4 heteroatoms. The molecule has 1 N–H and O–H groups in total. The van der Waals surface area contributed by atoms with E-state index < -0.39 is 11.4 Å². The van der Waals surface area contributed by atoms with Gasteiger partial charge in [0.2, 0.25) is 0 Å². The topological polar surface area (TPSA) is 49.8 Å². The van der Waals surface area contributed by atoms with Crippen LogP contribution in [0.15, 0.2) is 0 Å². The average Bonchev–Trinajstić information content (AvgIpc) is 2.75. The smallest absolute Gasteiger partial charge is 0.310 e. The van der Waals surface area contributed by atoms with Crippen molar-refractivity contribution in [2.75, 3.05) is 20.2 Å². The highest BCUT2D eigenvalue weighted by molar-refractivity contribution is 5.75. The predicted octanol–water partition coefficient (Wildman–Crippen LogP) is 2.38. The number of aliphatic carboxylic acids is 1. The number of ether oxygens (including phenoxy) is 1. The van der Waals surface area contributed by atoms with Crippen LogP contribution in [-0.4, -0.2) is 48.3 Å². The Morgan fingerprint density at radius 2 is 2.16 bits per heavy atom. The molecule has 110 valence electrons. The highest BCUT2D eigenvalue weighted by atomic mass is 16.5. The normalized spacial score (nSPS) is 39.7. The summed E-state index contributed by atoms with van der Waals surface area (Å²) >= 11 is 0. The number of nitrogens with zero attached hydrogens (tertiary/aromatic N) is 1. The van der Waals surface area contributed by atoms with Crippen LogP contribution < -0.4 is 0 Å². The van der Waals surface area contributed by atoms with Crippen LogP contribution >= 0.6 is 0 Å². The van der Waals surface area contributed by atoms with Gasteiger partial charge < -0.3 is 9.84 Å².